The number of rotatable bonds is 3. The van der Waals surface area contributed by atoms with Gasteiger partial charge in [-0.05, 0) is 24.3 Å². The Morgan fingerprint density at radius 3 is 1.76 bits per heavy atom. The summed E-state index contributed by atoms with van der Waals surface area (Å²) in [5, 5.41) is 2.39. The van der Waals surface area contributed by atoms with Gasteiger partial charge in [-0.1, -0.05) is 24.3 Å². The molecule has 3 aromatic rings. The lowest BCUT2D eigenvalue weighted by atomic mass is 9.82. The molecule has 5 nitrogen and oxygen atoms in total. The molecule has 1 aliphatic rings. The van der Waals surface area contributed by atoms with Crippen molar-refractivity contribution in [1.29, 1.82) is 0 Å². The van der Waals surface area contributed by atoms with Crippen molar-refractivity contribution in [2.45, 2.75) is 17.2 Å². The van der Waals surface area contributed by atoms with Crippen molar-refractivity contribution in [1.82, 2.24) is 0 Å². The van der Waals surface area contributed by atoms with Gasteiger partial charge in [0.05, 0.1) is 38.5 Å². The summed E-state index contributed by atoms with van der Waals surface area (Å²) in [6.07, 6.45) is -10.2. The van der Waals surface area contributed by atoms with Crippen molar-refractivity contribution in [3.63, 3.8) is 0 Å². The molecule has 4 rings (SSSR count). The fraction of sp³-hybridized carbons (Fsp3) is 0.0909. The van der Waals surface area contributed by atoms with E-state index in [-0.39, 0.29) is 56.6 Å². The molecule has 0 saturated carbocycles. The largest absolute Gasteiger partial charge is 0.416 e. The van der Waals surface area contributed by atoms with E-state index < -0.39 is 40.7 Å². The number of ketones is 2. The van der Waals surface area contributed by atoms with Gasteiger partial charge in [-0.2, -0.15) is 26.3 Å². The number of nitrogen functional groups attached to an aromatic ring is 1. The molecule has 0 radical (unpaired) electrons. The Hall–Kier alpha value is -3.51. The van der Waals surface area contributed by atoms with Crippen LogP contribution in [0.1, 0.15) is 43.0 Å². The van der Waals surface area contributed by atoms with Crippen LogP contribution < -0.4 is 11.1 Å². The zero-order chi connectivity index (χ0) is 25.0. The maximum atomic E-state index is 13.3. The highest BCUT2D eigenvalue weighted by Crippen LogP contribution is 2.43. The number of nitrogens with two attached hydrogens (primary N) is 1. The molecule has 12 heteroatoms. The van der Waals surface area contributed by atoms with Gasteiger partial charge in [0.1, 0.15) is 0 Å². The van der Waals surface area contributed by atoms with E-state index in [1.165, 1.54) is 24.3 Å². The number of carbonyl (C=O) groups is 2. The van der Waals surface area contributed by atoms with E-state index in [2.05, 4.69) is 5.32 Å². The van der Waals surface area contributed by atoms with Gasteiger partial charge in [0.25, 0.3) is 0 Å². The molecule has 0 aromatic heterocycles. The van der Waals surface area contributed by atoms with E-state index in [1.54, 1.807) is 0 Å². The van der Waals surface area contributed by atoms with Crippen LogP contribution in [0.15, 0.2) is 53.4 Å². The zero-order valence-corrected chi connectivity index (χ0v) is 17.5. The number of alkyl halides is 6. The van der Waals surface area contributed by atoms with E-state index >= 15 is 0 Å². The van der Waals surface area contributed by atoms with Crippen LogP contribution in [0.2, 0.25) is 0 Å². The molecule has 0 amide bonds. The average Bonchev–Trinajstić information content (AvgIpc) is 2.77. The van der Waals surface area contributed by atoms with Crippen LogP contribution in [-0.4, -0.2) is 16.1 Å². The first-order valence-electron chi connectivity index (χ1n) is 9.35. The molecule has 0 atom stereocenters. The maximum absolute atomic E-state index is 13.3. The molecule has 0 saturated heterocycles. The summed E-state index contributed by atoms with van der Waals surface area (Å²) < 4.78 is 89.1. The number of nitrogens with one attached hydrogen (secondary N) is 1. The Bertz CT molecular complexity index is 1320. The van der Waals surface area contributed by atoms with Crippen molar-refractivity contribution >= 4 is 40.7 Å². The topological polar surface area (TPSA) is 92.4 Å². The zero-order valence-electron chi connectivity index (χ0n) is 16.6. The molecule has 0 aliphatic heterocycles. The Balaban J connectivity index is 1.94. The molecule has 4 N–H and O–H groups in total. The minimum atomic E-state index is -5.09. The lowest BCUT2D eigenvalue weighted by Crippen LogP contribution is -2.24. The van der Waals surface area contributed by atoms with Crippen LogP contribution in [0, 0.1) is 0 Å². The van der Waals surface area contributed by atoms with Gasteiger partial charge in [-0.15, -0.1) is 0 Å². The van der Waals surface area contributed by atoms with E-state index in [4.69, 9.17) is 5.73 Å². The summed E-state index contributed by atoms with van der Waals surface area (Å²) in [6, 6.07) is 7.65. The molecular weight excluding hydrogens is 486 g/mol. The van der Waals surface area contributed by atoms with Gasteiger partial charge in [-0.3, -0.25) is 9.59 Å². The highest BCUT2D eigenvalue weighted by atomic mass is 32.2. The van der Waals surface area contributed by atoms with Gasteiger partial charge < -0.3 is 15.6 Å². The van der Waals surface area contributed by atoms with Crippen LogP contribution in [0.3, 0.4) is 0 Å². The van der Waals surface area contributed by atoms with Crippen LogP contribution in [0.5, 0.6) is 0 Å². The van der Waals surface area contributed by atoms with Gasteiger partial charge in [0.15, 0.2) is 11.6 Å². The first-order valence-corrected chi connectivity index (χ1v) is 10.1. The quantitative estimate of drug-likeness (QED) is 0.172. The highest BCUT2D eigenvalue weighted by molar-refractivity contribution is 7.94. The van der Waals surface area contributed by atoms with Crippen LogP contribution >= 0.6 is 12.0 Å². The van der Waals surface area contributed by atoms with Crippen molar-refractivity contribution in [3.05, 3.63) is 81.9 Å². The fourth-order valence-electron chi connectivity index (χ4n) is 3.65. The predicted molar refractivity (Wildman–Crippen MR) is 112 cm³/mol. The van der Waals surface area contributed by atoms with Gasteiger partial charge >= 0.3 is 12.4 Å². The number of halogens is 6. The standard InChI is InChI=1S/C22H12F6N2O3S/c23-21(24,25)9-5-10(22(26,27)28)7-11(6-9)30-14-8-15(34-33)18(29)17-16(14)19(31)12-3-1-2-4-13(12)20(17)32/h1-8,30,33H,29H2. The number of anilines is 3. The van der Waals surface area contributed by atoms with Crippen molar-refractivity contribution in [2.24, 2.45) is 0 Å². The molecule has 0 spiro atoms. The second kappa shape index (κ2) is 8.06. The summed E-state index contributed by atoms with van der Waals surface area (Å²) in [5.74, 6) is -1.39. The van der Waals surface area contributed by atoms with Gasteiger partial charge in [0, 0.05) is 28.9 Å². The van der Waals surface area contributed by atoms with E-state index in [9.17, 15) is 40.5 Å². The Morgan fingerprint density at radius 2 is 1.29 bits per heavy atom. The summed E-state index contributed by atoms with van der Waals surface area (Å²) in [7, 11) is 0. The molecule has 3 aromatic carbocycles. The monoisotopic (exact) mass is 498 g/mol. The minimum Gasteiger partial charge on any atom is -0.397 e. The summed E-state index contributed by atoms with van der Waals surface area (Å²) in [5.41, 5.74) is 1.03. The number of benzene rings is 3. The maximum Gasteiger partial charge on any atom is 0.416 e. The first-order chi connectivity index (χ1) is 15.8. The lowest BCUT2D eigenvalue weighted by molar-refractivity contribution is -0.143. The Morgan fingerprint density at radius 1 is 0.794 bits per heavy atom. The molecular formula is C22H12F6N2O3S. The minimum absolute atomic E-state index is 0.00752. The Kier molecular flexibility index (Phi) is 5.61. The third kappa shape index (κ3) is 3.99. The van der Waals surface area contributed by atoms with Crippen LogP contribution in [0.25, 0.3) is 0 Å². The third-order valence-corrected chi connectivity index (χ3v) is 5.70. The smallest absolute Gasteiger partial charge is 0.397 e. The van der Waals surface area contributed by atoms with Crippen molar-refractivity contribution in [2.75, 3.05) is 11.1 Å². The number of carbonyl (C=O) groups excluding carboxylic acids is 2. The molecule has 0 heterocycles. The van der Waals surface area contributed by atoms with Gasteiger partial charge in [0.2, 0.25) is 0 Å². The molecule has 0 fully saturated rings. The summed E-state index contributed by atoms with van der Waals surface area (Å²) in [4.78, 5) is 26.1. The normalized spacial score (nSPS) is 13.5. The summed E-state index contributed by atoms with van der Waals surface area (Å²) in [6.45, 7) is 0. The number of fused-ring (bicyclic) bond motifs is 2. The number of hydrogen-bond acceptors (Lipinski definition) is 6. The van der Waals surface area contributed by atoms with E-state index in [0.717, 1.165) is 6.07 Å². The third-order valence-electron chi connectivity index (χ3n) is 5.17. The molecule has 176 valence electrons. The second-order valence-electron chi connectivity index (χ2n) is 7.30. The Labute approximate surface area is 191 Å². The second-order valence-corrected chi connectivity index (χ2v) is 7.92. The summed E-state index contributed by atoms with van der Waals surface area (Å²) >= 11 is 0.104. The SMILES string of the molecule is Nc1c(SO)cc(Nc2cc(C(F)(F)F)cc(C(F)(F)F)c2)c2c1C(=O)c1ccccc1C2=O. The molecule has 0 unspecified atom stereocenters. The number of hydrogen-bond donors (Lipinski definition) is 3. The van der Waals surface area contributed by atoms with Gasteiger partial charge in [-0.25, -0.2) is 0 Å². The fourth-order valence-corrected chi connectivity index (χ4v) is 4.02. The highest BCUT2D eigenvalue weighted by Gasteiger charge is 2.38. The van der Waals surface area contributed by atoms with Crippen molar-refractivity contribution in [3.8, 4) is 0 Å². The average molecular weight is 498 g/mol. The van der Waals surface area contributed by atoms with Crippen molar-refractivity contribution < 1.29 is 40.5 Å². The van der Waals surface area contributed by atoms with Crippen LogP contribution in [0.4, 0.5) is 43.4 Å². The molecule has 34 heavy (non-hydrogen) atoms. The first kappa shape index (κ1) is 23.6. The van der Waals surface area contributed by atoms with Crippen LogP contribution in [-0.2, 0) is 12.4 Å². The molecule has 1 aliphatic carbocycles. The van der Waals surface area contributed by atoms with E-state index in [0.29, 0.717) is 12.1 Å². The predicted octanol–water partition coefficient (Wildman–Crippen LogP) is 6.39. The molecule has 0 bridgehead atoms. The van der Waals surface area contributed by atoms with E-state index in [1.807, 2.05) is 0 Å². The lowest BCUT2D eigenvalue weighted by Gasteiger charge is -2.24.